The summed E-state index contributed by atoms with van der Waals surface area (Å²) in [5.41, 5.74) is -1.20. The Balaban J connectivity index is 2.26. The second kappa shape index (κ2) is 5.88. The van der Waals surface area contributed by atoms with E-state index in [0.717, 1.165) is 18.2 Å². The second-order valence-electron chi connectivity index (χ2n) is 4.81. The molecule has 0 atom stereocenters. The molecule has 1 heterocycles. The normalized spacial score (nSPS) is 11.6. The third kappa shape index (κ3) is 2.95. The van der Waals surface area contributed by atoms with Crippen LogP contribution in [-0.2, 0) is 10.1 Å². The lowest BCUT2D eigenvalue weighted by Gasteiger charge is -2.11. The van der Waals surface area contributed by atoms with Gasteiger partial charge in [0.15, 0.2) is 5.52 Å². The molecule has 25 heavy (non-hydrogen) atoms. The summed E-state index contributed by atoms with van der Waals surface area (Å²) in [6.07, 6.45) is 0. The maximum absolute atomic E-state index is 12.6. The minimum atomic E-state index is -4.92. The van der Waals surface area contributed by atoms with Crippen LogP contribution in [0, 0.1) is 10.1 Å². The molecule has 0 saturated heterocycles. The van der Waals surface area contributed by atoms with Gasteiger partial charge < -0.3 is 4.55 Å². The minimum Gasteiger partial charge on any atom is -0.744 e. The molecule has 3 aromatic rings. The van der Waals surface area contributed by atoms with Crippen molar-refractivity contribution in [3.8, 4) is 0 Å². The highest BCUT2D eigenvalue weighted by Gasteiger charge is 2.24. The van der Waals surface area contributed by atoms with Crippen molar-refractivity contribution in [1.29, 1.82) is 0 Å². The van der Waals surface area contributed by atoms with Gasteiger partial charge in [0.05, 0.1) is 15.4 Å². The predicted octanol–water partition coefficient (Wildman–Crippen LogP) is 1.59. The van der Waals surface area contributed by atoms with Crippen LogP contribution in [-0.4, -0.2) is 38.8 Å². The molecule has 2 aromatic carbocycles. The molecule has 0 radical (unpaired) electrons. The van der Waals surface area contributed by atoms with Gasteiger partial charge in [-0.1, -0.05) is 28.9 Å². The van der Waals surface area contributed by atoms with Crippen LogP contribution in [0.2, 0.25) is 5.02 Å². The molecule has 0 fully saturated rings. The molecule has 0 spiro atoms. The Hall–Kier alpha value is -2.89. The van der Waals surface area contributed by atoms with Gasteiger partial charge in [-0.25, -0.2) is 8.42 Å². The highest BCUT2D eigenvalue weighted by molar-refractivity contribution is 7.85. The van der Waals surface area contributed by atoms with E-state index in [1.54, 1.807) is 0 Å². The van der Waals surface area contributed by atoms with Crippen molar-refractivity contribution in [3.05, 3.63) is 57.1 Å². The van der Waals surface area contributed by atoms with Gasteiger partial charge in [0.2, 0.25) is 0 Å². The van der Waals surface area contributed by atoms with E-state index < -0.39 is 37.1 Å². The molecule has 0 N–H and O–H groups in total. The van der Waals surface area contributed by atoms with Gasteiger partial charge in [-0.2, -0.15) is 4.68 Å². The number of non-ortho nitro benzene ring substituents is 1. The van der Waals surface area contributed by atoms with Gasteiger partial charge in [-0.05, 0) is 18.2 Å². The van der Waals surface area contributed by atoms with Crippen LogP contribution in [0.3, 0.4) is 0 Å². The van der Waals surface area contributed by atoms with Crippen LogP contribution in [0.15, 0.2) is 41.3 Å². The maximum atomic E-state index is 12.6. The number of hydrogen-bond donors (Lipinski definition) is 0. The summed E-state index contributed by atoms with van der Waals surface area (Å²) in [6, 6.07) is 7.00. The fourth-order valence-electron chi connectivity index (χ4n) is 2.24. The molecular weight excluding hydrogens is 376 g/mol. The fraction of sp³-hybridized carbons (Fsp3) is 0. The molecule has 0 aliphatic rings. The Morgan fingerprint density at radius 3 is 2.56 bits per heavy atom. The lowest BCUT2D eigenvalue weighted by molar-refractivity contribution is -0.383. The predicted molar refractivity (Wildman–Crippen MR) is 83.3 cm³/mol. The highest BCUT2D eigenvalue weighted by atomic mass is 35.5. The fourth-order valence-corrected chi connectivity index (χ4v) is 3.11. The Morgan fingerprint density at radius 2 is 1.92 bits per heavy atom. The van der Waals surface area contributed by atoms with E-state index in [1.807, 2.05) is 0 Å². The van der Waals surface area contributed by atoms with E-state index in [1.165, 1.54) is 18.2 Å². The van der Waals surface area contributed by atoms with E-state index in [4.69, 9.17) is 11.6 Å². The number of nitrogens with zero attached hydrogens (tertiary/aromatic N) is 4. The Bertz CT molecular complexity index is 1140. The third-order valence-electron chi connectivity index (χ3n) is 3.27. The molecule has 3 rings (SSSR count). The van der Waals surface area contributed by atoms with Crippen molar-refractivity contribution in [3.63, 3.8) is 0 Å². The number of hydrogen-bond acceptors (Lipinski definition) is 8. The van der Waals surface area contributed by atoms with E-state index in [9.17, 15) is 27.9 Å². The first-order chi connectivity index (χ1) is 11.7. The molecule has 0 unspecified atom stereocenters. The first-order valence-corrected chi connectivity index (χ1v) is 8.28. The molecule has 12 heteroatoms. The van der Waals surface area contributed by atoms with Gasteiger partial charge in [0.25, 0.3) is 5.91 Å². The molecule has 1 aromatic heterocycles. The summed E-state index contributed by atoms with van der Waals surface area (Å²) in [4.78, 5) is 22.2. The number of carbonyl (C=O) groups is 1. The molecule has 128 valence electrons. The van der Waals surface area contributed by atoms with Crippen LogP contribution in [0.4, 0.5) is 5.69 Å². The Labute approximate surface area is 144 Å². The standard InChI is InChI=1S/C13H7ClN4O6S/c14-7-5-9-12(10(6-7)18(20)21)15-16-17(9)13(19)8-3-1-2-4-11(8)25(22,23)24/h1-6H,(H,22,23,24)/p-1. The summed E-state index contributed by atoms with van der Waals surface area (Å²) in [7, 11) is -4.92. The second-order valence-corrected chi connectivity index (χ2v) is 6.59. The topological polar surface area (TPSA) is 148 Å². The van der Waals surface area contributed by atoms with Crippen molar-refractivity contribution in [2.24, 2.45) is 0 Å². The minimum absolute atomic E-state index is 0.0414. The largest absolute Gasteiger partial charge is 0.744 e. The van der Waals surface area contributed by atoms with E-state index >= 15 is 0 Å². The van der Waals surface area contributed by atoms with Gasteiger partial charge in [-0.15, -0.1) is 5.10 Å². The van der Waals surface area contributed by atoms with Crippen LogP contribution in [0.1, 0.15) is 10.4 Å². The summed E-state index contributed by atoms with van der Waals surface area (Å²) < 4.78 is 34.6. The van der Waals surface area contributed by atoms with Gasteiger partial charge in [0, 0.05) is 11.1 Å². The average molecular weight is 382 g/mol. The number of aromatic nitrogens is 3. The maximum Gasteiger partial charge on any atom is 0.300 e. The van der Waals surface area contributed by atoms with Crippen molar-refractivity contribution in [1.82, 2.24) is 15.0 Å². The number of carbonyl (C=O) groups excluding carboxylic acids is 1. The number of nitro benzene ring substituents is 1. The summed E-state index contributed by atoms with van der Waals surface area (Å²) in [5, 5.41) is 18.1. The number of benzene rings is 2. The molecule has 0 saturated carbocycles. The van der Waals surface area contributed by atoms with Crippen LogP contribution in [0.25, 0.3) is 11.0 Å². The van der Waals surface area contributed by atoms with Gasteiger partial charge in [-0.3, -0.25) is 14.9 Å². The summed E-state index contributed by atoms with van der Waals surface area (Å²) in [6.45, 7) is 0. The number of halogens is 1. The molecule has 0 aliphatic heterocycles. The van der Waals surface area contributed by atoms with Crippen LogP contribution in [0.5, 0.6) is 0 Å². The van der Waals surface area contributed by atoms with E-state index in [0.29, 0.717) is 4.68 Å². The Morgan fingerprint density at radius 1 is 1.24 bits per heavy atom. The smallest absolute Gasteiger partial charge is 0.300 e. The molecule has 0 aliphatic carbocycles. The average Bonchev–Trinajstić information content (AvgIpc) is 2.96. The number of nitro groups is 1. The lowest BCUT2D eigenvalue weighted by atomic mass is 10.2. The van der Waals surface area contributed by atoms with Crippen LogP contribution >= 0.6 is 11.6 Å². The first-order valence-electron chi connectivity index (χ1n) is 6.49. The monoisotopic (exact) mass is 381 g/mol. The van der Waals surface area contributed by atoms with Crippen molar-refractivity contribution in [2.45, 2.75) is 4.90 Å². The zero-order chi connectivity index (χ0) is 18.4. The van der Waals surface area contributed by atoms with Gasteiger partial charge in [0.1, 0.15) is 15.6 Å². The van der Waals surface area contributed by atoms with E-state index in [2.05, 4.69) is 10.3 Å². The first kappa shape index (κ1) is 17.0. The van der Waals surface area contributed by atoms with Gasteiger partial charge >= 0.3 is 5.69 Å². The van der Waals surface area contributed by atoms with Crippen molar-refractivity contribution < 1.29 is 22.7 Å². The SMILES string of the molecule is O=C(c1ccccc1S(=O)(=O)[O-])n1nnc2c([N+](=O)[O-])cc(Cl)cc21. The number of rotatable bonds is 3. The van der Waals surface area contributed by atoms with Crippen molar-refractivity contribution >= 4 is 44.3 Å². The summed E-state index contributed by atoms with van der Waals surface area (Å²) in [5.74, 6) is -0.992. The summed E-state index contributed by atoms with van der Waals surface area (Å²) >= 11 is 5.82. The molecular formula is C13H6ClN4O6S-. The highest BCUT2D eigenvalue weighted by Crippen LogP contribution is 2.28. The molecule has 0 amide bonds. The Kier molecular flexibility index (Phi) is 3.99. The number of fused-ring (bicyclic) bond motifs is 1. The lowest BCUT2D eigenvalue weighted by Crippen LogP contribution is -2.17. The van der Waals surface area contributed by atoms with Crippen LogP contribution < -0.4 is 0 Å². The zero-order valence-electron chi connectivity index (χ0n) is 12.0. The third-order valence-corrected chi connectivity index (χ3v) is 4.39. The van der Waals surface area contributed by atoms with Crippen molar-refractivity contribution in [2.75, 3.05) is 0 Å². The van der Waals surface area contributed by atoms with E-state index in [-0.39, 0.29) is 16.1 Å². The quantitative estimate of drug-likeness (QED) is 0.377. The molecule has 0 bridgehead atoms. The zero-order valence-corrected chi connectivity index (χ0v) is 13.6. The molecule has 10 nitrogen and oxygen atoms in total.